The molecule has 2 nitrogen and oxygen atoms in total. The molecular weight excluding hydrogens is 349 g/mol. The van der Waals surface area contributed by atoms with E-state index in [1.54, 1.807) is 0 Å². The van der Waals surface area contributed by atoms with Gasteiger partial charge in [0.25, 0.3) is 0 Å². The van der Waals surface area contributed by atoms with Crippen LogP contribution in [0, 0.1) is 5.82 Å². The molecule has 2 atom stereocenters. The van der Waals surface area contributed by atoms with Crippen molar-refractivity contribution in [2.75, 3.05) is 0 Å². The lowest BCUT2D eigenvalue weighted by molar-refractivity contribution is -0.130. The van der Waals surface area contributed by atoms with Crippen LogP contribution in [0.5, 0.6) is 0 Å². The van der Waals surface area contributed by atoms with E-state index in [0.29, 0.717) is 0 Å². The van der Waals surface area contributed by atoms with Crippen LogP contribution in [0.3, 0.4) is 0 Å². The molecule has 0 spiro atoms. The molecule has 0 N–H and O–H groups in total. The Morgan fingerprint density at radius 1 is 1.21 bits per heavy atom. The number of hydrogen-bond donors (Lipinski definition) is 0. The second kappa shape index (κ2) is 7.75. The fraction of sp³-hybridized carbons (Fsp3) is 0.320. The second-order valence-corrected chi connectivity index (χ2v) is 7.74. The number of carbonyl (C=O) groups is 1. The van der Waals surface area contributed by atoms with Crippen LogP contribution in [0.2, 0.25) is 0 Å². The van der Waals surface area contributed by atoms with Crippen molar-refractivity contribution in [3.63, 3.8) is 0 Å². The molecule has 1 aliphatic carbocycles. The van der Waals surface area contributed by atoms with Crippen molar-refractivity contribution >= 4 is 11.5 Å². The Hall–Kier alpha value is -2.68. The average Bonchev–Trinajstić information content (AvgIpc) is 3.09. The second-order valence-electron chi connectivity index (χ2n) is 7.74. The summed E-state index contributed by atoms with van der Waals surface area (Å²) in [6, 6.07) is 15.1. The zero-order chi connectivity index (χ0) is 19.7. The van der Waals surface area contributed by atoms with E-state index in [1.165, 1.54) is 40.5 Å². The molecule has 1 amide bonds. The van der Waals surface area contributed by atoms with Gasteiger partial charge in [0.2, 0.25) is 5.91 Å². The molecular formula is C25H26FNO. The first-order chi connectivity index (χ1) is 13.6. The minimum absolute atomic E-state index is 0.0436. The molecule has 0 bridgehead atoms. The van der Waals surface area contributed by atoms with Gasteiger partial charge in [-0.3, -0.25) is 4.79 Å². The molecule has 4 rings (SSSR count). The summed E-state index contributed by atoms with van der Waals surface area (Å²) in [5.74, 6) is -0.300. The third kappa shape index (κ3) is 3.19. The average molecular weight is 375 g/mol. The number of halogens is 1. The van der Waals surface area contributed by atoms with Crippen molar-refractivity contribution in [2.45, 2.75) is 51.1 Å². The van der Waals surface area contributed by atoms with Gasteiger partial charge in [0.1, 0.15) is 5.82 Å². The van der Waals surface area contributed by atoms with Gasteiger partial charge in [-0.05, 0) is 65.3 Å². The lowest BCUT2D eigenvalue weighted by atomic mass is 9.83. The third-order valence-corrected chi connectivity index (χ3v) is 6.06. The van der Waals surface area contributed by atoms with E-state index in [1.807, 2.05) is 17.0 Å². The first-order valence-corrected chi connectivity index (χ1v) is 10.1. The normalized spacial score (nSPS) is 20.7. The minimum Gasteiger partial charge on any atom is -0.325 e. The molecule has 2 aromatic rings. The topological polar surface area (TPSA) is 20.3 Å². The molecule has 2 aliphatic rings. The summed E-state index contributed by atoms with van der Waals surface area (Å²) in [6.45, 7) is 5.93. The molecule has 1 aliphatic heterocycles. The van der Waals surface area contributed by atoms with Crippen LogP contribution in [0.15, 0.2) is 66.8 Å². The standard InChI is InChI=1S/C25H26FNO/c1-3-5-9-20-16-22-21-10-7-6-8-18(21)15-23(22)25(27(20)24(28)4-2)17-11-13-19(26)14-12-17/h4,6-8,10-14,20,25H,2-3,5,9,15-16H2,1H3/t20-,25-/m0/s1. The summed E-state index contributed by atoms with van der Waals surface area (Å²) in [4.78, 5) is 15.0. The van der Waals surface area contributed by atoms with Gasteiger partial charge in [0.15, 0.2) is 0 Å². The molecule has 3 heteroatoms. The summed E-state index contributed by atoms with van der Waals surface area (Å²) in [6.07, 6.45) is 6.27. The highest BCUT2D eigenvalue weighted by Gasteiger charge is 2.41. The monoisotopic (exact) mass is 375 g/mol. The maximum Gasteiger partial charge on any atom is 0.246 e. The number of amides is 1. The highest BCUT2D eigenvalue weighted by atomic mass is 19.1. The molecule has 28 heavy (non-hydrogen) atoms. The van der Waals surface area contributed by atoms with Crippen LogP contribution < -0.4 is 0 Å². The van der Waals surface area contributed by atoms with Crippen LogP contribution in [0.4, 0.5) is 4.39 Å². The molecule has 0 saturated heterocycles. The van der Waals surface area contributed by atoms with Crippen molar-refractivity contribution in [1.29, 1.82) is 0 Å². The smallest absolute Gasteiger partial charge is 0.246 e. The predicted octanol–water partition coefficient (Wildman–Crippen LogP) is 5.85. The van der Waals surface area contributed by atoms with Gasteiger partial charge in [0, 0.05) is 6.04 Å². The molecule has 2 aromatic carbocycles. The third-order valence-electron chi connectivity index (χ3n) is 6.06. The Morgan fingerprint density at radius 3 is 2.68 bits per heavy atom. The van der Waals surface area contributed by atoms with Crippen molar-refractivity contribution in [2.24, 2.45) is 0 Å². The van der Waals surface area contributed by atoms with E-state index in [0.717, 1.165) is 37.7 Å². The SMILES string of the molecule is C=CC(=O)N1[C@@H](CCCC)CC2=C(Cc3ccccc32)[C@@H]1c1ccc(F)cc1. The van der Waals surface area contributed by atoms with Crippen LogP contribution >= 0.6 is 0 Å². The van der Waals surface area contributed by atoms with E-state index in [9.17, 15) is 9.18 Å². The first-order valence-electron chi connectivity index (χ1n) is 10.1. The summed E-state index contributed by atoms with van der Waals surface area (Å²) in [7, 11) is 0. The van der Waals surface area contributed by atoms with E-state index >= 15 is 0 Å². The largest absolute Gasteiger partial charge is 0.325 e. The summed E-state index contributed by atoms with van der Waals surface area (Å²) in [5, 5.41) is 0. The molecule has 0 saturated carbocycles. The Kier molecular flexibility index (Phi) is 5.17. The van der Waals surface area contributed by atoms with Gasteiger partial charge in [-0.2, -0.15) is 0 Å². The van der Waals surface area contributed by atoms with Gasteiger partial charge in [-0.25, -0.2) is 4.39 Å². The van der Waals surface area contributed by atoms with Gasteiger partial charge < -0.3 is 4.90 Å². The quantitative estimate of drug-likeness (QED) is 0.600. The van der Waals surface area contributed by atoms with Crippen LogP contribution in [0.1, 0.15) is 55.3 Å². The first kappa shape index (κ1) is 18.7. The highest BCUT2D eigenvalue weighted by molar-refractivity contribution is 5.90. The highest BCUT2D eigenvalue weighted by Crippen LogP contribution is 2.49. The Bertz CT molecular complexity index is 928. The Labute approximate surface area is 166 Å². The number of benzene rings is 2. The zero-order valence-corrected chi connectivity index (χ0v) is 16.3. The number of fused-ring (bicyclic) bond motifs is 2. The van der Waals surface area contributed by atoms with E-state index in [2.05, 4.69) is 37.8 Å². The van der Waals surface area contributed by atoms with E-state index in [-0.39, 0.29) is 23.8 Å². The van der Waals surface area contributed by atoms with Gasteiger partial charge in [-0.1, -0.05) is 62.7 Å². The maximum absolute atomic E-state index is 13.6. The predicted molar refractivity (Wildman–Crippen MR) is 111 cm³/mol. The molecule has 0 unspecified atom stereocenters. The number of carbonyl (C=O) groups excluding carboxylic acids is 1. The fourth-order valence-corrected chi connectivity index (χ4v) is 4.77. The van der Waals surface area contributed by atoms with Crippen molar-refractivity contribution in [3.8, 4) is 0 Å². The number of rotatable bonds is 5. The Balaban J connectivity index is 1.85. The lowest BCUT2D eigenvalue weighted by Crippen LogP contribution is -2.45. The fourth-order valence-electron chi connectivity index (χ4n) is 4.77. The zero-order valence-electron chi connectivity index (χ0n) is 16.3. The van der Waals surface area contributed by atoms with Crippen molar-refractivity contribution in [1.82, 2.24) is 4.90 Å². The van der Waals surface area contributed by atoms with Crippen LogP contribution in [-0.4, -0.2) is 16.8 Å². The molecule has 0 radical (unpaired) electrons. The summed E-state index contributed by atoms with van der Waals surface area (Å²) >= 11 is 0. The minimum atomic E-state index is -0.257. The van der Waals surface area contributed by atoms with E-state index < -0.39 is 0 Å². The summed E-state index contributed by atoms with van der Waals surface area (Å²) in [5.41, 5.74) is 6.26. The van der Waals surface area contributed by atoms with E-state index in [4.69, 9.17) is 0 Å². The number of unbranched alkanes of at least 4 members (excludes halogenated alkanes) is 1. The Morgan fingerprint density at radius 2 is 1.96 bits per heavy atom. The van der Waals surface area contributed by atoms with Crippen LogP contribution in [-0.2, 0) is 11.2 Å². The van der Waals surface area contributed by atoms with Crippen molar-refractivity contribution < 1.29 is 9.18 Å². The summed E-state index contributed by atoms with van der Waals surface area (Å²) < 4.78 is 13.6. The number of hydrogen-bond acceptors (Lipinski definition) is 1. The molecule has 1 heterocycles. The maximum atomic E-state index is 13.6. The van der Waals surface area contributed by atoms with Crippen molar-refractivity contribution in [3.05, 3.63) is 89.3 Å². The molecule has 0 aromatic heterocycles. The lowest BCUT2D eigenvalue weighted by Gasteiger charge is -2.43. The van der Waals surface area contributed by atoms with Crippen LogP contribution in [0.25, 0.3) is 5.57 Å². The molecule has 0 fully saturated rings. The van der Waals surface area contributed by atoms with Gasteiger partial charge >= 0.3 is 0 Å². The van der Waals surface area contributed by atoms with Gasteiger partial charge in [-0.15, -0.1) is 0 Å². The van der Waals surface area contributed by atoms with Gasteiger partial charge in [0.05, 0.1) is 6.04 Å². The number of nitrogens with zero attached hydrogens (tertiary/aromatic N) is 1. The molecule has 144 valence electrons.